The number of hydrogen-bond donors (Lipinski definition) is 2. The topological polar surface area (TPSA) is 66.2 Å². The molecule has 1 heterocycles. The first-order valence-electron chi connectivity index (χ1n) is 5.63. The molecule has 0 radical (unpaired) electrons. The summed E-state index contributed by atoms with van der Waals surface area (Å²) in [5.41, 5.74) is 0.550. The Balaban J connectivity index is 2.62. The average Bonchev–Trinajstić information content (AvgIpc) is 2.30. The number of phenols is 2. The van der Waals surface area contributed by atoms with Crippen molar-refractivity contribution in [3.05, 3.63) is 24.2 Å². The van der Waals surface area contributed by atoms with E-state index in [1.54, 1.807) is 6.20 Å². The molecule has 0 aliphatic carbocycles. The maximum atomic E-state index is 9.46. The van der Waals surface area contributed by atoms with Crippen LogP contribution in [0.4, 0.5) is 0 Å². The molecular weight excluding hydrogens is 216 g/mol. The number of nitrogens with zero attached hydrogens (tertiary/aromatic N) is 2. The molecule has 2 aromatic rings. The summed E-state index contributed by atoms with van der Waals surface area (Å²) in [5, 5.41) is 19.6. The Morgan fingerprint density at radius 1 is 1.18 bits per heavy atom. The van der Waals surface area contributed by atoms with E-state index in [0.29, 0.717) is 5.52 Å². The Hall–Kier alpha value is -1.84. The van der Waals surface area contributed by atoms with Gasteiger partial charge in [-0.1, -0.05) is 20.8 Å². The van der Waals surface area contributed by atoms with Crippen LogP contribution < -0.4 is 0 Å². The van der Waals surface area contributed by atoms with Gasteiger partial charge in [0.05, 0.1) is 5.52 Å². The summed E-state index contributed by atoms with van der Waals surface area (Å²) in [4.78, 5) is 8.75. The van der Waals surface area contributed by atoms with Crippen LogP contribution in [0.2, 0.25) is 0 Å². The summed E-state index contributed by atoms with van der Waals surface area (Å²) in [6.07, 6.45) is 2.61. The molecular formula is C13H16N2O2. The van der Waals surface area contributed by atoms with Crippen LogP contribution in [0.3, 0.4) is 0 Å². The maximum Gasteiger partial charge on any atom is 0.159 e. The molecule has 2 N–H and O–H groups in total. The number of fused-ring (bicyclic) bond motifs is 1. The summed E-state index contributed by atoms with van der Waals surface area (Å²) in [5.74, 6) is 0.442. The lowest BCUT2D eigenvalue weighted by molar-refractivity contribution is 0.404. The van der Waals surface area contributed by atoms with Gasteiger partial charge < -0.3 is 10.2 Å². The lowest BCUT2D eigenvalue weighted by Crippen LogP contribution is -2.19. The van der Waals surface area contributed by atoms with Gasteiger partial charge in [-0.05, 0) is 12.5 Å². The number of phenolic OH excluding ortho intramolecular Hbond substituents is 2. The van der Waals surface area contributed by atoms with Gasteiger partial charge in [-0.15, -0.1) is 0 Å². The van der Waals surface area contributed by atoms with Gasteiger partial charge >= 0.3 is 0 Å². The van der Waals surface area contributed by atoms with Crippen molar-refractivity contribution >= 4 is 10.9 Å². The third kappa shape index (κ3) is 2.02. The molecule has 4 nitrogen and oxygen atoms in total. The molecule has 0 unspecified atom stereocenters. The zero-order valence-corrected chi connectivity index (χ0v) is 10.2. The Morgan fingerprint density at radius 2 is 1.82 bits per heavy atom. The third-order valence-electron chi connectivity index (χ3n) is 3.17. The molecule has 0 atom stereocenters. The smallest absolute Gasteiger partial charge is 0.159 e. The Labute approximate surface area is 100.0 Å². The average molecular weight is 232 g/mol. The minimum atomic E-state index is -0.156. The van der Waals surface area contributed by atoms with Gasteiger partial charge in [0, 0.05) is 23.1 Å². The summed E-state index contributed by atoms with van der Waals surface area (Å²) in [6, 6.07) is 2.93. The number of benzene rings is 1. The second kappa shape index (κ2) is 3.87. The second-order valence-corrected chi connectivity index (χ2v) is 4.83. The van der Waals surface area contributed by atoms with Crippen LogP contribution >= 0.6 is 0 Å². The summed E-state index contributed by atoms with van der Waals surface area (Å²) in [6.45, 7) is 6.24. The lowest BCUT2D eigenvalue weighted by Gasteiger charge is -2.20. The fraction of sp³-hybridized carbons (Fsp3) is 0.385. The van der Waals surface area contributed by atoms with Crippen molar-refractivity contribution in [2.75, 3.05) is 0 Å². The number of aromatic hydroxyl groups is 2. The van der Waals surface area contributed by atoms with Crippen LogP contribution in [0.25, 0.3) is 10.9 Å². The summed E-state index contributed by atoms with van der Waals surface area (Å²) < 4.78 is 0. The monoisotopic (exact) mass is 232 g/mol. The van der Waals surface area contributed by atoms with Crippen molar-refractivity contribution in [2.24, 2.45) is 0 Å². The molecule has 1 aromatic heterocycles. The molecule has 1 aromatic carbocycles. The molecule has 0 bridgehead atoms. The van der Waals surface area contributed by atoms with Crippen LogP contribution in [-0.4, -0.2) is 20.2 Å². The van der Waals surface area contributed by atoms with Crippen molar-refractivity contribution in [2.45, 2.75) is 32.6 Å². The van der Waals surface area contributed by atoms with E-state index in [4.69, 9.17) is 0 Å². The fourth-order valence-corrected chi connectivity index (χ4v) is 1.54. The minimum absolute atomic E-state index is 0.0955. The molecule has 0 fully saturated rings. The van der Waals surface area contributed by atoms with E-state index in [1.807, 2.05) is 0 Å². The van der Waals surface area contributed by atoms with Crippen LogP contribution in [-0.2, 0) is 5.41 Å². The normalized spacial score (nSPS) is 11.9. The first kappa shape index (κ1) is 11.6. The standard InChI is InChI=1S/C13H16N2O2/c1-4-13(2,3)12-14-7-8-5-10(16)11(17)6-9(8)15-12/h5-7,16-17H,4H2,1-3H3. The zero-order chi connectivity index (χ0) is 12.6. The molecule has 2 rings (SSSR count). The van der Waals surface area contributed by atoms with E-state index < -0.39 is 0 Å². The van der Waals surface area contributed by atoms with Crippen molar-refractivity contribution in [3.63, 3.8) is 0 Å². The highest BCUT2D eigenvalue weighted by Crippen LogP contribution is 2.30. The van der Waals surface area contributed by atoms with Gasteiger partial charge in [-0.25, -0.2) is 9.97 Å². The van der Waals surface area contributed by atoms with Crippen molar-refractivity contribution < 1.29 is 10.2 Å². The van der Waals surface area contributed by atoms with E-state index in [-0.39, 0.29) is 16.9 Å². The fourth-order valence-electron chi connectivity index (χ4n) is 1.54. The number of rotatable bonds is 2. The zero-order valence-electron chi connectivity index (χ0n) is 10.2. The van der Waals surface area contributed by atoms with Crippen LogP contribution in [0.1, 0.15) is 33.0 Å². The van der Waals surface area contributed by atoms with Gasteiger partial charge in [0.1, 0.15) is 5.82 Å². The maximum absolute atomic E-state index is 9.46. The van der Waals surface area contributed by atoms with Gasteiger partial charge in [0.25, 0.3) is 0 Å². The molecule has 4 heteroatoms. The second-order valence-electron chi connectivity index (χ2n) is 4.83. The van der Waals surface area contributed by atoms with E-state index in [9.17, 15) is 10.2 Å². The molecule has 0 aliphatic heterocycles. The molecule has 0 saturated carbocycles. The number of hydrogen-bond acceptors (Lipinski definition) is 4. The predicted molar refractivity (Wildman–Crippen MR) is 66.2 cm³/mol. The van der Waals surface area contributed by atoms with Crippen LogP contribution in [0.15, 0.2) is 18.3 Å². The predicted octanol–water partition coefficient (Wildman–Crippen LogP) is 2.73. The quantitative estimate of drug-likeness (QED) is 0.781. The molecule has 0 amide bonds. The highest BCUT2D eigenvalue weighted by molar-refractivity contribution is 5.81. The highest BCUT2D eigenvalue weighted by atomic mass is 16.3. The number of aromatic nitrogens is 2. The molecule has 0 saturated heterocycles. The summed E-state index contributed by atoms with van der Waals surface area (Å²) >= 11 is 0. The van der Waals surface area contributed by atoms with Gasteiger partial charge in [0.15, 0.2) is 11.5 Å². The van der Waals surface area contributed by atoms with Crippen molar-refractivity contribution in [1.29, 1.82) is 0 Å². The lowest BCUT2D eigenvalue weighted by atomic mass is 9.89. The Kier molecular flexibility index (Phi) is 2.65. The van der Waals surface area contributed by atoms with E-state index in [1.165, 1.54) is 12.1 Å². The van der Waals surface area contributed by atoms with Gasteiger partial charge in [-0.2, -0.15) is 0 Å². The van der Waals surface area contributed by atoms with Crippen molar-refractivity contribution in [3.8, 4) is 11.5 Å². The Morgan fingerprint density at radius 3 is 2.47 bits per heavy atom. The van der Waals surface area contributed by atoms with Gasteiger partial charge in [-0.3, -0.25) is 0 Å². The summed E-state index contributed by atoms with van der Waals surface area (Å²) in [7, 11) is 0. The van der Waals surface area contributed by atoms with E-state index in [0.717, 1.165) is 17.6 Å². The van der Waals surface area contributed by atoms with Gasteiger partial charge in [0.2, 0.25) is 0 Å². The van der Waals surface area contributed by atoms with Crippen LogP contribution in [0.5, 0.6) is 11.5 Å². The molecule has 17 heavy (non-hydrogen) atoms. The van der Waals surface area contributed by atoms with E-state index >= 15 is 0 Å². The molecule has 90 valence electrons. The molecule has 0 aliphatic rings. The molecule has 0 spiro atoms. The van der Waals surface area contributed by atoms with E-state index in [2.05, 4.69) is 30.7 Å². The highest BCUT2D eigenvalue weighted by Gasteiger charge is 2.21. The minimum Gasteiger partial charge on any atom is -0.504 e. The van der Waals surface area contributed by atoms with Crippen molar-refractivity contribution in [1.82, 2.24) is 9.97 Å². The first-order valence-corrected chi connectivity index (χ1v) is 5.63. The van der Waals surface area contributed by atoms with Crippen LogP contribution in [0, 0.1) is 0 Å². The largest absolute Gasteiger partial charge is 0.504 e. The Bertz CT molecular complexity index is 565. The SMILES string of the molecule is CCC(C)(C)c1ncc2cc(O)c(O)cc2n1. The third-order valence-corrected chi connectivity index (χ3v) is 3.17. The first-order chi connectivity index (χ1) is 7.94.